The minimum Gasteiger partial charge on any atom is -0.481 e. The number of fused-ring (bicyclic) bond motifs is 10. The summed E-state index contributed by atoms with van der Waals surface area (Å²) in [5, 5.41) is 66.9. The summed E-state index contributed by atoms with van der Waals surface area (Å²) in [4.78, 5) is 263. The van der Waals surface area contributed by atoms with Crippen molar-refractivity contribution in [2.45, 2.75) is 255 Å². The quantitative estimate of drug-likeness (QED) is 0.0519. The van der Waals surface area contributed by atoms with Crippen molar-refractivity contribution in [2.75, 3.05) is 19.6 Å². The van der Waals surface area contributed by atoms with Crippen LogP contribution >= 0.6 is 0 Å². The second-order valence-corrected chi connectivity index (χ2v) is 32.7. The zero-order chi connectivity index (χ0) is 88.1. The maximum atomic E-state index is 15.5. The van der Waals surface area contributed by atoms with Gasteiger partial charge in [0, 0.05) is 84.9 Å². The van der Waals surface area contributed by atoms with E-state index in [9.17, 15) is 72.9 Å². The summed E-state index contributed by atoms with van der Waals surface area (Å²) in [6, 6.07) is -7.93. The Bertz CT molecular complexity index is 4600. The van der Waals surface area contributed by atoms with Crippen molar-refractivity contribution >= 4 is 122 Å². The number of imidazole rings is 1. The molecular formula is C82H113N19O20. The highest BCUT2D eigenvalue weighted by molar-refractivity contribution is 6.02. The summed E-state index contributed by atoms with van der Waals surface area (Å²) in [5.41, 5.74) is 2.59. The van der Waals surface area contributed by atoms with E-state index in [0.29, 0.717) is 38.6 Å². The Morgan fingerprint density at radius 1 is 0.446 bits per heavy atom. The van der Waals surface area contributed by atoms with Gasteiger partial charge in [-0.25, -0.2) is 4.98 Å². The van der Waals surface area contributed by atoms with Crippen LogP contribution in [0, 0.1) is 17.8 Å². The molecular weight excluding hydrogens is 1570 g/mol. The number of H-pyrrole nitrogens is 3. The Morgan fingerprint density at radius 2 is 0.917 bits per heavy atom. The van der Waals surface area contributed by atoms with Crippen LogP contribution in [0.15, 0.2) is 73.4 Å². The van der Waals surface area contributed by atoms with Crippen molar-refractivity contribution in [3.63, 3.8) is 0 Å². The molecule has 9 rings (SSSR count). The average molecular weight is 1680 g/mol. The summed E-state index contributed by atoms with van der Waals surface area (Å²) < 4.78 is 0. The van der Waals surface area contributed by atoms with Gasteiger partial charge < -0.3 is 109 Å². The number of aliphatic carboxylic acids is 2. The molecule has 0 aliphatic carbocycles. The first kappa shape index (κ1) is 92.6. The lowest BCUT2D eigenvalue weighted by molar-refractivity contribution is -0.149. The smallest absolute Gasteiger partial charge is 0.305 e. The Balaban J connectivity index is 1.12. The number of amides is 15. The highest BCUT2D eigenvalue weighted by Gasteiger charge is 2.47. The van der Waals surface area contributed by atoms with Gasteiger partial charge in [-0.05, 0) is 113 Å². The van der Waals surface area contributed by atoms with Gasteiger partial charge >= 0.3 is 11.9 Å². The first-order valence-electron chi connectivity index (χ1n) is 41.2. The number of hydrogen-bond donors (Lipinski definition) is 19. The molecule has 4 fully saturated rings. The number of para-hydroxylation sites is 2. The Hall–Kier alpha value is -12.3. The van der Waals surface area contributed by atoms with Crippen molar-refractivity contribution in [3.8, 4) is 0 Å². The number of hydrogen-bond acceptors (Lipinski definition) is 19. The van der Waals surface area contributed by atoms with Gasteiger partial charge in [-0.1, -0.05) is 97.2 Å². The van der Waals surface area contributed by atoms with Gasteiger partial charge in [-0.2, -0.15) is 0 Å². The highest BCUT2D eigenvalue weighted by atomic mass is 16.4. The molecule has 5 aromatic rings. The minimum atomic E-state index is -1.90. The van der Waals surface area contributed by atoms with E-state index in [0.717, 1.165) is 0 Å². The van der Waals surface area contributed by atoms with E-state index in [1.807, 2.05) is 0 Å². The van der Waals surface area contributed by atoms with E-state index in [1.54, 1.807) is 102 Å². The van der Waals surface area contributed by atoms with E-state index < -0.39 is 223 Å². The molecule has 19 N–H and O–H groups in total. The Morgan fingerprint density at radius 3 is 1.45 bits per heavy atom. The van der Waals surface area contributed by atoms with Gasteiger partial charge in [0.25, 0.3) is 0 Å². The summed E-state index contributed by atoms with van der Waals surface area (Å²) in [6.45, 7) is 11.7. The fraction of sp³-hybridized carbons (Fsp3) is 0.561. The van der Waals surface area contributed by atoms with Crippen LogP contribution < -0.4 is 69.1 Å². The molecule has 121 heavy (non-hydrogen) atoms. The fourth-order valence-electron chi connectivity index (χ4n) is 15.5. The molecule has 7 heterocycles. The normalized spacial score (nSPS) is 26.5. The van der Waals surface area contributed by atoms with Crippen molar-refractivity contribution in [2.24, 2.45) is 17.8 Å². The van der Waals surface area contributed by atoms with Gasteiger partial charge in [-0.3, -0.25) is 81.5 Å². The Labute approximate surface area is 698 Å². The number of carbonyl (C=O) groups is 17. The van der Waals surface area contributed by atoms with Gasteiger partial charge in [0.1, 0.15) is 84.6 Å². The number of nitrogens with zero attached hydrogens (tertiary/aromatic N) is 3. The number of aliphatic hydroxyl groups is 1. The highest BCUT2D eigenvalue weighted by Crippen LogP contribution is 2.28. The van der Waals surface area contributed by atoms with Gasteiger partial charge in [0.2, 0.25) is 88.6 Å². The maximum Gasteiger partial charge on any atom is 0.305 e. The Kier molecular flexibility index (Phi) is 32.9. The summed E-state index contributed by atoms with van der Waals surface area (Å²) in [5.74, 6) is -18.9. The first-order valence-corrected chi connectivity index (χ1v) is 41.2. The number of benzene rings is 2. The molecule has 2 bridgehead atoms. The molecule has 15 atom stereocenters. The number of aromatic nitrogens is 4. The zero-order valence-corrected chi connectivity index (χ0v) is 69.1. The van der Waals surface area contributed by atoms with Crippen molar-refractivity contribution in [3.05, 3.63) is 90.3 Å². The largest absolute Gasteiger partial charge is 0.481 e. The second-order valence-electron chi connectivity index (χ2n) is 32.7. The monoisotopic (exact) mass is 1680 g/mol. The van der Waals surface area contributed by atoms with Crippen LogP contribution in [0.5, 0.6) is 0 Å². The van der Waals surface area contributed by atoms with Gasteiger partial charge in [-0.15, -0.1) is 0 Å². The van der Waals surface area contributed by atoms with E-state index in [1.165, 1.54) is 36.2 Å². The first-order chi connectivity index (χ1) is 57.5. The predicted molar refractivity (Wildman–Crippen MR) is 435 cm³/mol. The van der Waals surface area contributed by atoms with Crippen LogP contribution in [0.3, 0.4) is 0 Å². The molecule has 2 aromatic carbocycles. The minimum absolute atomic E-state index is 0.0233. The molecule has 39 heteroatoms. The third-order valence-electron chi connectivity index (χ3n) is 21.9. The molecule has 4 aliphatic rings. The summed E-state index contributed by atoms with van der Waals surface area (Å²) in [7, 11) is 0. The maximum absolute atomic E-state index is 15.5. The number of aromatic amines is 3. The third kappa shape index (κ3) is 25.6. The lowest BCUT2D eigenvalue weighted by Gasteiger charge is -2.34. The fourth-order valence-corrected chi connectivity index (χ4v) is 15.5. The van der Waals surface area contributed by atoms with E-state index in [2.05, 4.69) is 89.1 Å². The lowest BCUT2D eigenvalue weighted by Crippen LogP contribution is -2.62. The van der Waals surface area contributed by atoms with Crippen LogP contribution in [-0.2, 0) is 101 Å². The molecule has 39 nitrogen and oxygen atoms in total. The topological polar surface area (TPSA) is 574 Å². The van der Waals surface area contributed by atoms with Gasteiger partial charge in [0.05, 0.1) is 25.4 Å². The van der Waals surface area contributed by atoms with Gasteiger partial charge in [0.15, 0.2) is 0 Å². The molecule has 3 aromatic heterocycles. The van der Waals surface area contributed by atoms with Crippen LogP contribution in [0.1, 0.15) is 162 Å². The molecule has 15 amide bonds. The molecule has 656 valence electrons. The standard InChI is InChI=1S/C82H113N19O20/c1-41(2)30-56-70(109)86-39-64(103)89-55(26-27-65(104)105)72(111)94-57(31-42(3)4)78(117)98-67(43(5)6)80(119)97-59(33-47-37-85-52-21-15-13-19-50(47)52)74(113)91-54-23-11-9-10-22-53(90-77(116)61(35-66(106)107)96-79(118)62-24-16-28-100(62)81(120)63-25-17-29-101(63)82(121)68(45(8)102)99-73(54)112)71(110)88-44(7)69(108)92-58(32-46-36-84-51-20-14-12-18-49(46)51)75(114)95-60(76(115)93-56)34-48-38-83-40-87-48/h12-15,18-21,36-38,40-45,53-63,67-68,84-85,102H,9-11,16-17,22-35,39H2,1-8H3,(H,83,87)(H,86,109)(H,88,110)(H,89,103)(H,90,116)(H,91,113)(H,92,108)(H,93,115)(H,94,111)(H,95,114)(H,96,118)(H,97,119)(H,98,117)(H,99,112)(H,104,105)(H,106,107)/t44-,45+,53+,54-,55-,56-,57-,58-,59-,60-,61-,62-,63+,67-,68-/m0/s1. The number of carbonyl (C=O) groups excluding carboxylic acids is 15. The second kappa shape index (κ2) is 43.1. The molecule has 4 aliphatic heterocycles. The van der Waals surface area contributed by atoms with Crippen LogP contribution in [0.25, 0.3) is 21.8 Å². The molecule has 0 spiro atoms. The van der Waals surface area contributed by atoms with Crippen molar-refractivity contribution < 1.29 is 96.8 Å². The third-order valence-corrected chi connectivity index (χ3v) is 21.9. The van der Waals surface area contributed by atoms with E-state index in [-0.39, 0.29) is 115 Å². The number of aliphatic hydroxyl groups excluding tert-OH is 1. The molecule has 0 unspecified atom stereocenters. The average Bonchev–Trinajstić information content (AvgIpc) is 1.67. The molecule has 4 saturated heterocycles. The number of rotatable bonds is 17. The van der Waals surface area contributed by atoms with Crippen LogP contribution in [0.2, 0.25) is 0 Å². The van der Waals surface area contributed by atoms with Crippen molar-refractivity contribution in [1.82, 2.24) is 98.9 Å². The predicted octanol–water partition coefficient (Wildman–Crippen LogP) is -1.22. The number of nitrogens with one attached hydrogen (secondary N) is 16. The van der Waals surface area contributed by atoms with E-state index >= 15 is 24.0 Å². The van der Waals surface area contributed by atoms with E-state index in [4.69, 9.17) is 0 Å². The summed E-state index contributed by atoms with van der Waals surface area (Å²) in [6.07, 6.45) is 1.00. The van der Waals surface area contributed by atoms with Crippen LogP contribution in [-0.4, -0.2) is 256 Å². The lowest BCUT2D eigenvalue weighted by atomic mass is 9.98. The molecule has 0 radical (unpaired) electrons. The SMILES string of the molecule is CC(C)C[C@@H]1NC(=O)[C@H](Cc2cnc[nH]2)NC(=O)[C@H](Cc2c[nH]c3ccccc23)NC(=O)[C@H](C)NC(=O)[C@H]2CCCCC[C@H](NC(=O)[C@H](Cc3c[nH]c4ccccc34)NC(=O)[C@H](C(C)C)NC(=O)[C@H](CC(C)C)NC(=O)[C@H](CCC(=O)O)NC(=O)CNC1=O)C(=O)N[C@@H]([C@@H](C)O)C(=O)N1CCC[C@@H]1C(=O)N1CCC[C@H]1C(=O)N[C@@H](CC(=O)O)C(=O)N2. The number of carboxylic acids is 2. The van der Waals surface area contributed by atoms with Crippen LogP contribution in [0.4, 0.5) is 0 Å². The number of carboxylic acid groups (broad SMARTS) is 2. The zero-order valence-electron chi connectivity index (χ0n) is 69.1. The summed E-state index contributed by atoms with van der Waals surface area (Å²) >= 11 is 0. The molecule has 0 saturated carbocycles. The van der Waals surface area contributed by atoms with Crippen molar-refractivity contribution in [1.29, 1.82) is 0 Å².